The van der Waals surface area contributed by atoms with Gasteiger partial charge in [0.1, 0.15) is 6.10 Å². The van der Waals surface area contributed by atoms with Gasteiger partial charge in [0.2, 0.25) is 0 Å². The van der Waals surface area contributed by atoms with Crippen LogP contribution >= 0.6 is 0 Å². The van der Waals surface area contributed by atoms with E-state index < -0.39 is 4.92 Å². The summed E-state index contributed by atoms with van der Waals surface area (Å²) in [5.74, 6) is 0.877. The molecule has 32 heavy (non-hydrogen) atoms. The number of non-ortho nitro benzene ring substituents is 1. The standard InChI is InChI=1S/C22H31N5O5/c28-21(20-4-2-14-32-20)25-9-11-26(12-10-25)22(24-16-19-3-1-13-31-19)23-15-17-5-7-18(8-6-17)27(29)30/h5-8,19-20H,1-4,9-16H2,(H,23,24). The summed E-state index contributed by atoms with van der Waals surface area (Å²) in [6, 6.07) is 6.47. The maximum atomic E-state index is 12.6. The van der Waals surface area contributed by atoms with Crippen LogP contribution in [0.5, 0.6) is 0 Å². The summed E-state index contributed by atoms with van der Waals surface area (Å²) in [5.41, 5.74) is 0.973. The quantitative estimate of drug-likeness (QED) is 0.306. The molecule has 3 saturated heterocycles. The molecule has 0 saturated carbocycles. The van der Waals surface area contributed by atoms with E-state index in [9.17, 15) is 14.9 Å². The molecule has 3 fully saturated rings. The Morgan fingerprint density at radius 3 is 2.38 bits per heavy atom. The van der Waals surface area contributed by atoms with Crippen molar-refractivity contribution in [2.24, 2.45) is 4.99 Å². The van der Waals surface area contributed by atoms with Crippen LogP contribution in [0.15, 0.2) is 29.3 Å². The average Bonchev–Trinajstić information content (AvgIpc) is 3.54. The predicted molar refractivity (Wildman–Crippen MR) is 118 cm³/mol. The summed E-state index contributed by atoms with van der Waals surface area (Å²) in [7, 11) is 0. The van der Waals surface area contributed by atoms with Gasteiger partial charge in [-0.15, -0.1) is 0 Å². The number of nitrogens with zero attached hydrogens (tertiary/aromatic N) is 4. The molecule has 2 atom stereocenters. The molecule has 1 N–H and O–H groups in total. The van der Waals surface area contributed by atoms with Crippen molar-refractivity contribution < 1.29 is 19.2 Å². The monoisotopic (exact) mass is 445 g/mol. The summed E-state index contributed by atoms with van der Waals surface area (Å²) >= 11 is 0. The zero-order chi connectivity index (χ0) is 22.3. The lowest BCUT2D eigenvalue weighted by molar-refractivity contribution is -0.384. The fourth-order valence-electron chi connectivity index (χ4n) is 4.28. The number of nitro groups is 1. The molecule has 0 radical (unpaired) electrons. The Morgan fingerprint density at radius 2 is 1.75 bits per heavy atom. The van der Waals surface area contributed by atoms with E-state index in [-0.39, 0.29) is 23.8 Å². The van der Waals surface area contributed by atoms with Gasteiger partial charge in [0.25, 0.3) is 11.6 Å². The van der Waals surface area contributed by atoms with E-state index >= 15 is 0 Å². The largest absolute Gasteiger partial charge is 0.376 e. The van der Waals surface area contributed by atoms with Gasteiger partial charge in [-0.1, -0.05) is 12.1 Å². The molecule has 3 aliphatic rings. The first-order chi connectivity index (χ1) is 15.6. The van der Waals surface area contributed by atoms with Crippen molar-refractivity contribution in [2.45, 2.75) is 44.4 Å². The van der Waals surface area contributed by atoms with Crippen LogP contribution in [0, 0.1) is 10.1 Å². The molecule has 0 aromatic heterocycles. The van der Waals surface area contributed by atoms with Gasteiger partial charge in [-0.25, -0.2) is 4.99 Å². The lowest BCUT2D eigenvalue weighted by Crippen LogP contribution is -2.55. The molecular weight excluding hydrogens is 414 g/mol. The van der Waals surface area contributed by atoms with Gasteiger partial charge in [0.05, 0.1) is 17.6 Å². The molecule has 0 bridgehead atoms. The SMILES string of the molecule is O=C(C1CCCO1)N1CCN(C(=NCc2ccc([N+](=O)[O-])cc2)NCC2CCCO2)CC1. The Balaban J connectivity index is 1.37. The Hall–Kier alpha value is -2.72. The molecular formula is C22H31N5O5. The third-order valence-electron chi connectivity index (χ3n) is 6.17. The van der Waals surface area contributed by atoms with Gasteiger partial charge < -0.3 is 24.6 Å². The third kappa shape index (κ3) is 5.74. The molecule has 174 valence electrons. The summed E-state index contributed by atoms with van der Waals surface area (Å²) in [4.78, 5) is 31.9. The van der Waals surface area contributed by atoms with Crippen molar-refractivity contribution in [1.82, 2.24) is 15.1 Å². The maximum absolute atomic E-state index is 12.6. The highest BCUT2D eigenvalue weighted by atomic mass is 16.6. The number of nitrogens with one attached hydrogen (secondary N) is 1. The minimum absolute atomic E-state index is 0.0708. The van der Waals surface area contributed by atoms with Gasteiger partial charge in [-0.05, 0) is 31.2 Å². The third-order valence-corrected chi connectivity index (χ3v) is 6.17. The number of carbonyl (C=O) groups is 1. The number of benzene rings is 1. The molecule has 10 heteroatoms. The van der Waals surface area contributed by atoms with Crippen molar-refractivity contribution in [3.63, 3.8) is 0 Å². The van der Waals surface area contributed by atoms with E-state index in [0.29, 0.717) is 45.9 Å². The molecule has 4 rings (SSSR count). The highest BCUT2D eigenvalue weighted by Gasteiger charge is 2.31. The molecule has 3 aliphatic heterocycles. The first-order valence-electron chi connectivity index (χ1n) is 11.4. The Bertz CT molecular complexity index is 811. The Kier molecular flexibility index (Phi) is 7.54. The fourth-order valence-corrected chi connectivity index (χ4v) is 4.28. The second-order valence-corrected chi connectivity index (χ2v) is 8.39. The number of hydrogen-bond acceptors (Lipinski definition) is 6. The molecule has 0 spiro atoms. The van der Waals surface area contributed by atoms with Gasteiger partial charge in [0, 0.05) is 58.1 Å². The summed E-state index contributed by atoms with van der Waals surface area (Å²) < 4.78 is 11.3. The minimum Gasteiger partial charge on any atom is -0.376 e. The molecule has 1 aromatic carbocycles. The van der Waals surface area contributed by atoms with Crippen LogP contribution in [0.25, 0.3) is 0 Å². The van der Waals surface area contributed by atoms with Crippen LogP contribution in [-0.4, -0.2) is 84.7 Å². The van der Waals surface area contributed by atoms with Gasteiger partial charge in [-0.3, -0.25) is 14.9 Å². The summed E-state index contributed by atoms with van der Waals surface area (Å²) in [5, 5.41) is 14.3. The highest BCUT2D eigenvalue weighted by Crippen LogP contribution is 2.17. The van der Waals surface area contributed by atoms with Crippen LogP contribution in [0.2, 0.25) is 0 Å². The lowest BCUT2D eigenvalue weighted by atomic mass is 10.2. The predicted octanol–water partition coefficient (Wildman–Crippen LogP) is 1.54. The number of aliphatic imine (C=N–C) groups is 1. The van der Waals surface area contributed by atoms with E-state index in [2.05, 4.69) is 10.2 Å². The summed E-state index contributed by atoms with van der Waals surface area (Å²) in [6.45, 7) is 5.23. The summed E-state index contributed by atoms with van der Waals surface area (Å²) in [6.07, 6.45) is 3.77. The topological polar surface area (TPSA) is 110 Å². The first-order valence-corrected chi connectivity index (χ1v) is 11.4. The van der Waals surface area contributed by atoms with Crippen LogP contribution in [0.3, 0.4) is 0 Å². The van der Waals surface area contributed by atoms with E-state index in [1.54, 1.807) is 12.1 Å². The van der Waals surface area contributed by atoms with E-state index in [1.807, 2.05) is 4.90 Å². The zero-order valence-electron chi connectivity index (χ0n) is 18.3. The highest BCUT2D eigenvalue weighted by molar-refractivity contribution is 5.83. The molecule has 10 nitrogen and oxygen atoms in total. The normalized spacial score (nSPS) is 24.1. The number of ether oxygens (including phenoxy) is 2. The lowest BCUT2D eigenvalue weighted by Gasteiger charge is -2.37. The Morgan fingerprint density at radius 1 is 1.06 bits per heavy atom. The van der Waals surface area contributed by atoms with Crippen LogP contribution < -0.4 is 5.32 Å². The number of guanidine groups is 1. The molecule has 3 heterocycles. The minimum atomic E-state index is -0.404. The van der Waals surface area contributed by atoms with Crippen molar-refractivity contribution in [1.29, 1.82) is 0 Å². The van der Waals surface area contributed by atoms with Crippen LogP contribution in [-0.2, 0) is 20.8 Å². The van der Waals surface area contributed by atoms with Crippen molar-refractivity contribution >= 4 is 17.6 Å². The molecule has 1 aromatic rings. The second-order valence-electron chi connectivity index (χ2n) is 8.39. The van der Waals surface area contributed by atoms with E-state index in [4.69, 9.17) is 14.5 Å². The number of rotatable bonds is 6. The van der Waals surface area contributed by atoms with Crippen molar-refractivity contribution in [2.75, 3.05) is 45.9 Å². The van der Waals surface area contributed by atoms with Crippen molar-refractivity contribution in [3.05, 3.63) is 39.9 Å². The average molecular weight is 446 g/mol. The van der Waals surface area contributed by atoms with Crippen LogP contribution in [0.4, 0.5) is 5.69 Å². The molecule has 2 unspecified atom stereocenters. The van der Waals surface area contributed by atoms with Crippen LogP contribution in [0.1, 0.15) is 31.2 Å². The zero-order valence-corrected chi connectivity index (χ0v) is 18.3. The van der Waals surface area contributed by atoms with Gasteiger partial charge in [-0.2, -0.15) is 0 Å². The second kappa shape index (κ2) is 10.7. The maximum Gasteiger partial charge on any atom is 0.269 e. The molecule has 1 amide bonds. The number of carbonyl (C=O) groups excluding carboxylic acids is 1. The van der Waals surface area contributed by atoms with E-state index in [1.165, 1.54) is 12.1 Å². The number of piperazine rings is 1. The molecule has 0 aliphatic carbocycles. The number of amides is 1. The fraction of sp³-hybridized carbons (Fsp3) is 0.636. The van der Waals surface area contributed by atoms with Gasteiger partial charge in [0.15, 0.2) is 5.96 Å². The van der Waals surface area contributed by atoms with Crippen molar-refractivity contribution in [3.8, 4) is 0 Å². The number of hydrogen-bond donors (Lipinski definition) is 1. The van der Waals surface area contributed by atoms with Gasteiger partial charge >= 0.3 is 0 Å². The smallest absolute Gasteiger partial charge is 0.269 e. The number of nitro benzene ring substituents is 1. The van der Waals surface area contributed by atoms with E-state index in [0.717, 1.165) is 43.8 Å². The first kappa shape index (κ1) is 22.5. The Labute approximate surface area is 187 Å².